The summed E-state index contributed by atoms with van der Waals surface area (Å²) in [6.07, 6.45) is 0. The number of rotatable bonds is 5. The molecule has 1 heteroatoms. The highest BCUT2D eigenvalue weighted by atomic mass is 15.1. The lowest BCUT2D eigenvalue weighted by molar-refractivity contribution is 0.645. The van der Waals surface area contributed by atoms with Crippen molar-refractivity contribution < 1.29 is 0 Å². The molecule has 0 bridgehead atoms. The van der Waals surface area contributed by atoms with Gasteiger partial charge in [0, 0.05) is 27.9 Å². The third-order valence-electron chi connectivity index (χ3n) is 13.1. The van der Waals surface area contributed by atoms with Crippen molar-refractivity contribution in [2.75, 3.05) is 4.90 Å². The minimum absolute atomic E-state index is 0.111. The summed E-state index contributed by atoms with van der Waals surface area (Å²) in [5.74, 6) is 0. The predicted molar refractivity (Wildman–Crippen MR) is 242 cm³/mol. The van der Waals surface area contributed by atoms with Gasteiger partial charge in [-0.05, 0) is 125 Å². The van der Waals surface area contributed by atoms with Crippen molar-refractivity contribution in [2.24, 2.45) is 0 Å². The number of nitrogens with zero attached hydrogens (tertiary/aromatic N) is 1. The first kappa shape index (κ1) is 33.6. The van der Waals surface area contributed by atoms with Crippen molar-refractivity contribution >= 4 is 38.6 Å². The number of benzene rings is 9. The zero-order valence-corrected chi connectivity index (χ0v) is 32.8. The predicted octanol–water partition coefficient (Wildman–Crippen LogP) is 15.4. The standard InChI is InChI=1S/C56H43N/c1-55(2)49-22-11-10-20-46(49)47-32-29-41(34-51(47)55)57(40-27-24-38(25-28-40)44-21-12-17-36-16-8-9-19-43(36)44)42-30-33-48-52(35-42)56(3,4)50-23-13-18-39-26-31-45(54(48)53(39)50)37-14-6-5-7-15-37/h5-35H,1-4H3. The molecule has 0 saturated heterocycles. The van der Waals surface area contributed by atoms with Crippen LogP contribution in [0.2, 0.25) is 0 Å². The van der Waals surface area contributed by atoms with E-state index in [-0.39, 0.29) is 10.8 Å². The van der Waals surface area contributed by atoms with Gasteiger partial charge in [-0.1, -0.05) is 179 Å². The molecule has 2 aliphatic rings. The van der Waals surface area contributed by atoms with Gasteiger partial charge in [-0.3, -0.25) is 0 Å². The van der Waals surface area contributed by atoms with E-state index in [1.807, 2.05) is 0 Å². The molecule has 0 amide bonds. The van der Waals surface area contributed by atoms with Crippen LogP contribution in [-0.2, 0) is 10.8 Å². The van der Waals surface area contributed by atoms with Gasteiger partial charge in [-0.15, -0.1) is 0 Å². The summed E-state index contributed by atoms with van der Waals surface area (Å²) < 4.78 is 0. The Kier molecular flexibility index (Phi) is 7.32. The van der Waals surface area contributed by atoms with E-state index in [4.69, 9.17) is 0 Å². The number of hydrogen-bond acceptors (Lipinski definition) is 1. The molecule has 0 saturated carbocycles. The Hall–Kier alpha value is -6.70. The van der Waals surface area contributed by atoms with Crippen LogP contribution in [0.3, 0.4) is 0 Å². The van der Waals surface area contributed by atoms with Crippen LogP contribution in [0.25, 0.3) is 66.1 Å². The maximum absolute atomic E-state index is 2.48. The van der Waals surface area contributed by atoms with E-state index in [1.165, 1.54) is 88.3 Å². The van der Waals surface area contributed by atoms with Gasteiger partial charge in [0.15, 0.2) is 0 Å². The van der Waals surface area contributed by atoms with Crippen LogP contribution >= 0.6 is 0 Å². The van der Waals surface area contributed by atoms with Crippen LogP contribution < -0.4 is 4.90 Å². The Balaban J connectivity index is 1.12. The molecular weight excluding hydrogens is 687 g/mol. The quantitative estimate of drug-likeness (QED) is 0.170. The van der Waals surface area contributed by atoms with E-state index in [0.29, 0.717) is 0 Å². The van der Waals surface area contributed by atoms with Crippen LogP contribution in [0.1, 0.15) is 49.9 Å². The fourth-order valence-corrected chi connectivity index (χ4v) is 10.1. The molecule has 1 nitrogen and oxygen atoms in total. The summed E-state index contributed by atoms with van der Waals surface area (Å²) in [7, 11) is 0. The molecule has 0 radical (unpaired) electrons. The van der Waals surface area contributed by atoms with E-state index >= 15 is 0 Å². The SMILES string of the molecule is CC1(C)c2ccccc2-c2ccc(N(c3ccc(-c4cccc5ccccc45)cc3)c3ccc4c(c3)C(C)(C)c3cccc5ccc(-c6ccccc6)c-4c35)cc21. The molecular formula is C56H43N. The van der Waals surface area contributed by atoms with Gasteiger partial charge in [0.2, 0.25) is 0 Å². The van der Waals surface area contributed by atoms with Crippen molar-refractivity contribution in [1.29, 1.82) is 0 Å². The molecule has 0 fully saturated rings. The fourth-order valence-electron chi connectivity index (χ4n) is 10.1. The fraction of sp³-hybridized carbons (Fsp3) is 0.107. The summed E-state index contributed by atoms with van der Waals surface area (Å²) in [4.78, 5) is 2.47. The molecule has 0 heterocycles. The first-order valence-electron chi connectivity index (χ1n) is 20.2. The molecule has 0 N–H and O–H groups in total. The molecule has 0 aliphatic heterocycles. The molecule has 9 aromatic carbocycles. The van der Waals surface area contributed by atoms with E-state index in [0.717, 1.165) is 17.1 Å². The molecule has 11 rings (SSSR count). The van der Waals surface area contributed by atoms with Crippen LogP contribution in [0.5, 0.6) is 0 Å². The van der Waals surface area contributed by atoms with E-state index in [1.54, 1.807) is 0 Å². The highest BCUT2D eigenvalue weighted by Crippen LogP contribution is 2.54. The lowest BCUT2D eigenvalue weighted by Gasteiger charge is -2.37. The van der Waals surface area contributed by atoms with Crippen LogP contribution in [0.4, 0.5) is 17.1 Å². The Morgan fingerprint density at radius 3 is 1.67 bits per heavy atom. The van der Waals surface area contributed by atoms with E-state index in [9.17, 15) is 0 Å². The molecule has 0 atom stereocenters. The molecule has 57 heavy (non-hydrogen) atoms. The van der Waals surface area contributed by atoms with Crippen LogP contribution in [-0.4, -0.2) is 0 Å². The van der Waals surface area contributed by atoms with Gasteiger partial charge in [0.05, 0.1) is 0 Å². The van der Waals surface area contributed by atoms with Gasteiger partial charge < -0.3 is 4.90 Å². The average molecular weight is 730 g/mol. The lowest BCUT2D eigenvalue weighted by Crippen LogP contribution is -2.24. The second-order valence-corrected chi connectivity index (χ2v) is 16.9. The van der Waals surface area contributed by atoms with Crippen molar-refractivity contribution in [3.05, 3.63) is 210 Å². The third-order valence-corrected chi connectivity index (χ3v) is 13.1. The Morgan fingerprint density at radius 1 is 0.333 bits per heavy atom. The van der Waals surface area contributed by atoms with Gasteiger partial charge in [-0.2, -0.15) is 0 Å². The van der Waals surface area contributed by atoms with Gasteiger partial charge in [0.1, 0.15) is 0 Å². The van der Waals surface area contributed by atoms with Gasteiger partial charge in [0.25, 0.3) is 0 Å². The molecule has 2 aliphatic carbocycles. The summed E-state index contributed by atoms with van der Waals surface area (Å²) in [6, 6.07) is 70.1. The number of anilines is 3. The minimum Gasteiger partial charge on any atom is -0.310 e. The normalized spacial score (nSPS) is 14.2. The number of fused-ring (bicyclic) bond motifs is 6. The highest BCUT2D eigenvalue weighted by molar-refractivity contribution is 6.09. The summed E-state index contributed by atoms with van der Waals surface area (Å²) in [6.45, 7) is 9.55. The lowest BCUT2D eigenvalue weighted by atomic mass is 9.67. The third kappa shape index (κ3) is 5.02. The minimum atomic E-state index is -0.224. The molecule has 0 aromatic heterocycles. The molecule has 0 spiro atoms. The summed E-state index contributed by atoms with van der Waals surface area (Å²) in [5, 5.41) is 5.18. The highest BCUT2D eigenvalue weighted by Gasteiger charge is 2.37. The summed E-state index contributed by atoms with van der Waals surface area (Å²) >= 11 is 0. The van der Waals surface area contributed by atoms with Crippen molar-refractivity contribution in [1.82, 2.24) is 0 Å². The maximum atomic E-state index is 2.48. The van der Waals surface area contributed by atoms with E-state index < -0.39 is 0 Å². The zero-order chi connectivity index (χ0) is 38.5. The first-order valence-corrected chi connectivity index (χ1v) is 20.2. The van der Waals surface area contributed by atoms with Gasteiger partial charge in [-0.25, -0.2) is 0 Å². The maximum Gasteiger partial charge on any atom is 0.0465 e. The Morgan fingerprint density at radius 2 is 0.860 bits per heavy atom. The van der Waals surface area contributed by atoms with Crippen molar-refractivity contribution in [3.8, 4) is 44.5 Å². The number of hydrogen-bond donors (Lipinski definition) is 0. The van der Waals surface area contributed by atoms with Crippen LogP contribution in [0.15, 0.2) is 188 Å². The smallest absolute Gasteiger partial charge is 0.0465 e. The molecule has 0 unspecified atom stereocenters. The summed E-state index contributed by atoms with van der Waals surface area (Å²) in [5.41, 5.74) is 18.9. The van der Waals surface area contributed by atoms with Crippen molar-refractivity contribution in [3.63, 3.8) is 0 Å². The van der Waals surface area contributed by atoms with Crippen LogP contribution in [0, 0.1) is 0 Å². The Labute approximate surface area is 335 Å². The van der Waals surface area contributed by atoms with Gasteiger partial charge >= 0.3 is 0 Å². The zero-order valence-electron chi connectivity index (χ0n) is 32.8. The molecule has 9 aromatic rings. The second kappa shape index (κ2) is 12.4. The molecule has 272 valence electrons. The Bertz CT molecular complexity index is 3050. The van der Waals surface area contributed by atoms with Crippen molar-refractivity contribution in [2.45, 2.75) is 38.5 Å². The second-order valence-electron chi connectivity index (χ2n) is 16.9. The first-order chi connectivity index (χ1) is 27.8. The average Bonchev–Trinajstić information content (AvgIpc) is 3.48. The topological polar surface area (TPSA) is 3.24 Å². The largest absolute Gasteiger partial charge is 0.310 e. The van der Waals surface area contributed by atoms with E-state index in [2.05, 4.69) is 221 Å². The monoisotopic (exact) mass is 729 g/mol.